The summed E-state index contributed by atoms with van der Waals surface area (Å²) in [6.07, 6.45) is -5.20. The Morgan fingerprint density at radius 3 is 2.11 bits per heavy atom. The van der Waals surface area contributed by atoms with Crippen LogP contribution in [-0.4, -0.2) is 20.1 Å². The van der Waals surface area contributed by atoms with Crippen molar-refractivity contribution in [3.63, 3.8) is 0 Å². The van der Waals surface area contributed by atoms with Gasteiger partial charge in [0.1, 0.15) is 0 Å². The van der Waals surface area contributed by atoms with E-state index in [1.165, 1.54) is 0 Å². The van der Waals surface area contributed by atoms with Gasteiger partial charge in [-0.3, -0.25) is 0 Å². The first-order valence-electron chi connectivity index (χ1n) is 4.56. The number of benzene rings is 1. The Morgan fingerprint density at radius 1 is 1.21 bits per heavy atom. The van der Waals surface area contributed by atoms with Crippen molar-refractivity contribution in [2.75, 3.05) is 7.11 Å². The minimum absolute atomic E-state index is 0. The average Bonchev–Trinajstić information content (AvgIpc) is 2.24. The second kappa shape index (κ2) is 6.62. The van der Waals surface area contributed by atoms with Gasteiger partial charge in [0.05, 0.1) is 12.7 Å². The van der Waals surface area contributed by atoms with Crippen LogP contribution in [0.1, 0.15) is 15.9 Å². The van der Waals surface area contributed by atoms with Crippen molar-refractivity contribution in [1.29, 1.82) is 0 Å². The molecule has 100 valence electrons. The van der Waals surface area contributed by atoms with Gasteiger partial charge < -0.3 is 17.7 Å². The van der Waals surface area contributed by atoms with E-state index in [9.17, 15) is 30.9 Å². The minimum Gasteiger partial charge on any atom is -0.465 e. The topological polar surface area (TPSA) is 26.3 Å². The fourth-order valence-corrected chi connectivity index (χ4v) is 1.33. The van der Waals surface area contributed by atoms with Gasteiger partial charge in [0.15, 0.2) is 0 Å². The van der Waals surface area contributed by atoms with Crippen molar-refractivity contribution >= 4 is 18.4 Å². The Hall–Kier alpha value is -0.0287. The summed E-state index contributed by atoms with van der Waals surface area (Å²) in [5.41, 5.74) is -4.26. The molecule has 0 spiro atoms. The smallest absolute Gasteiger partial charge is 0.465 e. The molecular weight excluding hydrogens is 304 g/mol. The van der Waals surface area contributed by atoms with E-state index in [1.807, 2.05) is 0 Å². The van der Waals surface area contributed by atoms with Crippen LogP contribution >= 0.6 is 0 Å². The van der Waals surface area contributed by atoms with Crippen LogP contribution in [0.25, 0.3) is 0 Å². The Kier molecular flexibility index (Phi) is 6.61. The van der Waals surface area contributed by atoms with Crippen LogP contribution in [0.5, 0.6) is 0 Å². The summed E-state index contributed by atoms with van der Waals surface area (Å²) < 4.78 is 78.9. The SMILES string of the molecule is COC(=O)c1ccc([B-](F)(F)F)c(C(F)(F)F)c1.[K+]. The predicted octanol–water partition coefficient (Wildman–Crippen LogP) is -0.450. The average molecular weight is 310 g/mol. The molecule has 1 aromatic carbocycles. The van der Waals surface area contributed by atoms with E-state index in [-0.39, 0.29) is 63.5 Å². The van der Waals surface area contributed by atoms with E-state index < -0.39 is 35.7 Å². The minimum atomic E-state index is -5.82. The monoisotopic (exact) mass is 310 g/mol. The predicted molar refractivity (Wildman–Crippen MR) is 51.5 cm³/mol. The number of esters is 1. The molecule has 0 atom stereocenters. The zero-order chi connectivity index (χ0) is 14.1. The van der Waals surface area contributed by atoms with Crippen molar-refractivity contribution < 1.29 is 87.0 Å². The summed E-state index contributed by atoms with van der Waals surface area (Å²) in [6.45, 7) is -5.82. The van der Waals surface area contributed by atoms with E-state index in [4.69, 9.17) is 0 Å². The Labute approximate surface area is 147 Å². The summed E-state index contributed by atoms with van der Waals surface area (Å²) in [7, 11) is 0.914. The second-order valence-electron chi connectivity index (χ2n) is 3.37. The molecule has 0 fully saturated rings. The van der Waals surface area contributed by atoms with E-state index in [0.29, 0.717) is 6.07 Å². The Morgan fingerprint density at radius 2 is 1.74 bits per heavy atom. The van der Waals surface area contributed by atoms with Gasteiger partial charge in [0, 0.05) is 5.56 Å². The molecular formula is C9H6BF6KO2. The molecule has 0 saturated heterocycles. The van der Waals surface area contributed by atoms with Crippen LogP contribution < -0.4 is 56.8 Å². The van der Waals surface area contributed by atoms with Gasteiger partial charge in [-0.2, -0.15) is 13.2 Å². The maximum atomic E-state index is 12.5. The van der Waals surface area contributed by atoms with Crippen molar-refractivity contribution in [1.82, 2.24) is 0 Å². The quantitative estimate of drug-likeness (QED) is 0.420. The number of methoxy groups -OCH3 is 1. The van der Waals surface area contributed by atoms with Crippen LogP contribution in [0.15, 0.2) is 18.2 Å². The second-order valence-corrected chi connectivity index (χ2v) is 3.37. The number of carbonyl (C=O) groups is 1. The first-order chi connectivity index (χ1) is 8.07. The summed E-state index contributed by atoms with van der Waals surface area (Å²) in [4.78, 5) is 11.0. The van der Waals surface area contributed by atoms with Crippen LogP contribution in [0.4, 0.5) is 26.1 Å². The van der Waals surface area contributed by atoms with E-state index in [1.54, 1.807) is 0 Å². The van der Waals surface area contributed by atoms with E-state index >= 15 is 0 Å². The Balaban J connectivity index is 0.00000324. The molecule has 0 aliphatic rings. The van der Waals surface area contributed by atoms with Gasteiger partial charge in [-0.25, -0.2) is 4.79 Å². The molecule has 1 rings (SSSR count). The molecule has 0 amide bonds. The fourth-order valence-electron chi connectivity index (χ4n) is 1.33. The molecule has 0 heterocycles. The molecule has 0 radical (unpaired) electrons. The molecule has 0 aromatic heterocycles. The third-order valence-electron chi connectivity index (χ3n) is 2.13. The summed E-state index contributed by atoms with van der Waals surface area (Å²) in [6, 6.07) is 1.01. The van der Waals surface area contributed by atoms with Gasteiger partial charge in [-0.15, -0.1) is 0 Å². The van der Waals surface area contributed by atoms with Gasteiger partial charge >= 0.3 is 70.5 Å². The number of rotatable bonds is 2. The van der Waals surface area contributed by atoms with Crippen LogP contribution in [0, 0.1) is 0 Å². The summed E-state index contributed by atoms with van der Waals surface area (Å²) in [5, 5.41) is 0. The third kappa shape index (κ3) is 4.78. The van der Waals surface area contributed by atoms with Crippen molar-refractivity contribution in [3.8, 4) is 0 Å². The van der Waals surface area contributed by atoms with Crippen LogP contribution in [-0.2, 0) is 10.9 Å². The van der Waals surface area contributed by atoms with Gasteiger partial charge in [-0.05, 0) is 6.07 Å². The molecule has 10 heteroatoms. The van der Waals surface area contributed by atoms with Gasteiger partial charge in [0.2, 0.25) is 0 Å². The molecule has 0 bridgehead atoms. The van der Waals surface area contributed by atoms with Crippen molar-refractivity contribution in [2.45, 2.75) is 6.18 Å². The Bertz CT molecular complexity index is 471. The first-order valence-corrected chi connectivity index (χ1v) is 4.56. The maximum Gasteiger partial charge on any atom is 1.00 e. The number of halogens is 6. The largest absolute Gasteiger partial charge is 1.00 e. The summed E-state index contributed by atoms with van der Waals surface area (Å²) in [5.74, 6) is -1.14. The number of ether oxygens (including phenoxy) is 1. The number of hydrogen-bond acceptors (Lipinski definition) is 2. The molecule has 19 heavy (non-hydrogen) atoms. The van der Waals surface area contributed by atoms with Crippen molar-refractivity contribution in [2.24, 2.45) is 0 Å². The molecule has 2 nitrogen and oxygen atoms in total. The third-order valence-corrected chi connectivity index (χ3v) is 2.13. The van der Waals surface area contributed by atoms with Crippen molar-refractivity contribution in [3.05, 3.63) is 29.3 Å². The van der Waals surface area contributed by atoms with E-state index in [0.717, 1.165) is 7.11 Å². The molecule has 0 unspecified atom stereocenters. The van der Waals surface area contributed by atoms with Gasteiger partial charge in [-0.1, -0.05) is 17.6 Å². The van der Waals surface area contributed by atoms with E-state index in [2.05, 4.69) is 4.74 Å². The molecule has 0 N–H and O–H groups in total. The fraction of sp³-hybridized carbons (Fsp3) is 0.222. The standard InChI is InChI=1S/C9H6BF6O2.K/c1-18-8(17)5-2-3-7(10(14,15)16)6(4-5)9(11,12)13;/h2-4H,1H3;/q-1;+1. The number of carbonyl (C=O) groups excluding carboxylic acids is 1. The van der Waals surface area contributed by atoms with Crippen LogP contribution in [0.2, 0.25) is 0 Å². The number of hydrogen-bond donors (Lipinski definition) is 0. The summed E-state index contributed by atoms with van der Waals surface area (Å²) >= 11 is 0. The maximum absolute atomic E-state index is 12.5. The zero-order valence-corrected chi connectivity index (χ0v) is 13.0. The van der Waals surface area contributed by atoms with Gasteiger partial charge in [0.25, 0.3) is 0 Å². The zero-order valence-electron chi connectivity index (χ0n) is 9.89. The molecule has 1 aromatic rings. The molecule has 0 saturated carbocycles. The number of alkyl halides is 3. The molecule has 0 aliphatic carbocycles. The molecule has 0 aliphatic heterocycles. The van der Waals surface area contributed by atoms with Crippen LogP contribution in [0.3, 0.4) is 0 Å². The first kappa shape index (κ1) is 19.0. The normalized spacial score (nSPS) is 11.7.